The third-order valence-corrected chi connectivity index (χ3v) is 5.92. The minimum Gasteiger partial charge on any atom is -0.444 e. The zero-order valence-electron chi connectivity index (χ0n) is 13.0. The van der Waals surface area contributed by atoms with Gasteiger partial charge in [-0.05, 0) is 51.5 Å². The lowest BCUT2D eigenvalue weighted by Crippen LogP contribution is -2.45. The molecule has 0 heterocycles. The highest BCUT2D eigenvalue weighted by molar-refractivity contribution is 7.92. The van der Waals surface area contributed by atoms with Gasteiger partial charge in [0.1, 0.15) is 17.4 Å². The van der Waals surface area contributed by atoms with Crippen molar-refractivity contribution < 1.29 is 22.7 Å². The normalized spacial score (nSPS) is 23.9. The summed E-state index contributed by atoms with van der Waals surface area (Å²) in [5.74, 6) is 0. The summed E-state index contributed by atoms with van der Waals surface area (Å²) in [4.78, 5) is 23.3. The van der Waals surface area contributed by atoms with Crippen LogP contribution in [0.5, 0.6) is 0 Å². The molecule has 0 radical (unpaired) electrons. The first-order valence-electron chi connectivity index (χ1n) is 6.97. The van der Waals surface area contributed by atoms with Crippen LogP contribution in [0.4, 0.5) is 4.79 Å². The molecule has 23 heavy (non-hydrogen) atoms. The molecule has 1 fully saturated rings. The summed E-state index contributed by atoms with van der Waals surface area (Å²) in [6, 6.07) is 5.67. The molecule has 1 N–H and O–H groups in total. The fourth-order valence-electron chi connectivity index (χ4n) is 2.20. The Labute approximate surface area is 140 Å². The van der Waals surface area contributed by atoms with Crippen molar-refractivity contribution >= 4 is 33.8 Å². The van der Waals surface area contributed by atoms with E-state index in [1.54, 1.807) is 20.8 Å². The Hall–Kier alpha value is -1.60. The van der Waals surface area contributed by atoms with E-state index in [4.69, 9.17) is 16.3 Å². The molecule has 0 bridgehead atoms. The molecule has 1 aromatic carbocycles. The number of aldehydes is 1. The standard InChI is InChI=1S/C15H18ClNO5S/c1-14(2,3)22-13(19)17-15(9-18)8-12(15)23(20,21)11-6-4-10(16)5-7-11/h4-7,9,12H,8H2,1-3H3,(H,17,19)/t12-,15-/m0/s1. The van der Waals surface area contributed by atoms with Gasteiger partial charge < -0.3 is 14.8 Å². The van der Waals surface area contributed by atoms with Gasteiger partial charge in [0, 0.05) is 5.02 Å². The summed E-state index contributed by atoms with van der Waals surface area (Å²) in [5, 5.41) is 1.77. The molecular formula is C15H18ClNO5S. The highest BCUT2D eigenvalue weighted by Crippen LogP contribution is 2.43. The highest BCUT2D eigenvalue weighted by Gasteiger charge is 2.63. The molecule has 1 saturated carbocycles. The van der Waals surface area contributed by atoms with Crippen molar-refractivity contribution in [1.82, 2.24) is 5.32 Å². The Morgan fingerprint density at radius 3 is 2.39 bits per heavy atom. The first-order valence-corrected chi connectivity index (χ1v) is 8.90. The number of sulfone groups is 1. The van der Waals surface area contributed by atoms with Gasteiger partial charge in [-0.3, -0.25) is 0 Å². The van der Waals surface area contributed by atoms with Gasteiger partial charge in [0.2, 0.25) is 0 Å². The fourth-order valence-corrected chi connectivity index (χ4v) is 4.33. The summed E-state index contributed by atoms with van der Waals surface area (Å²) in [6.45, 7) is 5.03. The molecule has 0 aliphatic heterocycles. The van der Waals surface area contributed by atoms with Crippen LogP contribution in [-0.4, -0.2) is 37.2 Å². The van der Waals surface area contributed by atoms with Crippen LogP contribution in [-0.2, 0) is 19.4 Å². The summed E-state index contributed by atoms with van der Waals surface area (Å²) >= 11 is 5.75. The van der Waals surface area contributed by atoms with Crippen LogP contribution in [0.25, 0.3) is 0 Å². The summed E-state index contributed by atoms with van der Waals surface area (Å²) in [5.41, 5.74) is -2.19. The zero-order chi connectivity index (χ0) is 17.5. The largest absolute Gasteiger partial charge is 0.444 e. The number of amides is 1. The first kappa shape index (κ1) is 17.7. The molecule has 0 spiro atoms. The van der Waals surface area contributed by atoms with Gasteiger partial charge in [-0.25, -0.2) is 13.2 Å². The average molecular weight is 360 g/mol. The maximum Gasteiger partial charge on any atom is 0.408 e. The highest BCUT2D eigenvalue weighted by atomic mass is 35.5. The number of nitrogens with one attached hydrogen (secondary N) is 1. The second-order valence-corrected chi connectivity index (χ2v) is 9.04. The van der Waals surface area contributed by atoms with E-state index in [0.29, 0.717) is 11.3 Å². The number of carbonyl (C=O) groups excluding carboxylic acids is 2. The lowest BCUT2D eigenvalue weighted by Gasteiger charge is -2.21. The van der Waals surface area contributed by atoms with Crippen LogP contribution in [0.2, 0.25) is 5.02 Å². The second-order valence-electron chi connectivity index (χ2n) is 6.48. The predicted octanol–water partition coefficient (Wildman–Crippen LogP) is 2.35. The number of hydrogen-bond donors (Lipinski definition) is 1. The van der Waals surface area contributed by atoms with Gasteiger partial charge >= 0.3 is 6.09 Å². The number of rotatable bonds is 4. The summed E-state index contributed by atoms with van der Waals surface area (Å²) in [7, 11) is -3.75. The number of carbonyl (C=O) groups is 2. The van der Waals surface area contributed by atoms with Crippen LogP contribution in [0, 0.1) is 0 Å². The van der Waals surface area contributed by atoms with Gasteiger partial charge in [-0.1, -0.05) is 11.6 Å². The second kappa shape index (κ2) is 5.79. The predicted molar refractivity (Wildman–Crippen MR) is 85.2 cm³/mol. The third kappa shape index (κ3) is 3.84. The SMILES string of the molecule is CC(C)(C)OC(=O)N[C@]1(C=O)C[C@@H]1S(=O)(=O)c1ccc(Cl)cc1. The minimum absolute atomic E-state index is 0.0146. The topological polar surface area (TPSA) is 89.5 Å². The molecule has 126 valence electrons. The number of halogens is 1. The van der Waals surface area contributed by atoms with Gasteiger partial charge in [0.25, 0.3) is 0 Å². The Morgan fingerprint density at radius 2 is 1.91 bits per heavy atom. The van der Waals surface area contributed by atoms with Crippen molar-refractivity contribution in [2.24, 2.45) is 0 Å². The van der Waals surface area contributed by atoms with Gasteiger partial charge in [-0.2, -0.15) is 0 Å². The quantitative estimate of drug-likeness (QED) is 0.833. The van der Waals surface area contributed by atoms with Crippen molar-refractivity contribution in [2.75, 3.05) is 0 Å². The number of hydrogen-bond acceptors (Lipinski definition) is 5. The number of ether oxygens (including phenoxy) is 1. The molecule has 1 aliphatic rings. The molecule has 1 aliphatic carbocycles. The molecule has 1 aromatic rings. The number of alkyl carbamates (subject to hydrolysis) is 1. The molecule has 0 aromatic heterocycles. The third-order valence-electron chi connectivity index (χ3n) is 3.40. The van der Waals surface area contributed by atoms with E-state index in [-0.39, 0.29) is 11.3 Å². The van der Waals surface area contributed by atoms with E-state index >= 15 is 0 Å². The fraction of sp³-hybridized carbons (Fsp3) is 0.467. The molecule has 1 amide bonds. The van der Waals surface area contributed by atoms with Crippen LogP contribution < -0.4 is 5.32 Å². The Bertz CT molecular complexity index is 723. The Kier molecular flexibility index (Phi) is 4.47. The van der Waals surface area contributed by atoms with Gasteiger partial charge in [0.15, 0.2) is 9.84 Å². The van der Waals surface area contributed by atoms with Crippen LogP contribution >= 0.6 is 11.6 Å². The molecule has 0 saturated heterocycles. The number of benzene rings is 1. The van der Waals surface area contributed by atoms with Crippen molar-refractivity contribution in [3.8, 4) is 0 Å². The molecule has 2 atom stereocenters. The van der Waals surface area contributed by atoms with E-state index in [1.165, 1.54) is 24.3 Å². The van der Waals surface area contributed by atoms with Crippen LogP contribution in [0.3, 0.4) is 0 Å². The van der Waals surface area contributed by atoms with E-state index in [2.05, 4.69) is 5.32 Å². The van der Waals surface area contributed by atoms with E-state index in [9.17, 15) is 18.0 Å². The Balaban J connectivity index is 2.18. The van der Waals surface area contributed by atoms with Crippen LogP contribution in [0.15, 0.2) is 29.2 Å². The van der Waals surface area contributed by atoms with E-state index < -0.39 is 32.3 Å². The Morgan fingerprint density at radius 1 is 1.35 bits per heavy atom. The van der Waals surface area contributed by atoms with Crippen LogP contribution in [0.1, 0.15) is 27.2 Å². The summed E-state index contributed by atoms with van der Waals surface area (Å²) in [6.07, 6.45) is -0.353. The average Bonchev–Trinajstić information content (AvgIpc) is 3.12. The molecule has 0 unspecified atom stereocenters. The lowest BCUT2D eigenvalue weighted by atomic mass is 10.2. The first-order chi connectivity index (χ1) is 10.5. The van der Waals surface area contributed by atoms with Crippen molar-refractivity contribution in [1.29, 1.82) is 0 Å². The van der Waals surface area contributed by atoms with E-state index in [1.807, 2.05) is 0 Å². The van der Waals surface area contributed by atoms with E-state index in [0.717, 1.165) is 0 Å². The minimum atomic E-state index is -3.75. The van der Waals surface area contributed by atoms with Crippen molar-refractivity contribution in [3.05, 3.63) is 29.3 Å². The van der Waals surface area contributed by atoms with Crippen molar-refractivity contribution in [2.45, 2.75) is 48.5 Å². The molecule has 6 nitrogen and oxygen atoms in total. The smallest absolute Gasteiger partial charge is 0.408 e. The summed E-state index contributed by atoms with van der Waals surface area (Å²) < 4.78 is 30.2. The zero-order valence-corrected chi connectivity index (χ0v) is 14.6. The van der Waals surface area contributed by atoms with Gasteiger partial charge in [-0.15, -0.1) is 0 Å². The maximum atomic E-state index is 12.6. The molecule has 2 rings (SSSR count). The lowest BCUT2D eigenvalue weighted by molar-refractivity contribution is -0.110. The van der Waals surface area contributed by atoms with Crippen molar-refractivity contribution in [3.63, 3.8) is 0 Å². The van der Waals surface area contributed by atoms with Gasteiger partial charge in [0.05, 0.1) is 10.1 Å². The monoisotopic (exact) mass is 359 g/mol. The molecule has 8 heteroatoms. The maximum absolute atomic E-state index is 12.6. The molecular weight excluding hydrogens is 342 g/mol.